The molecule has 0 heterocycles. The first-order valence-corrected chi connectivity index (χ1v) is 27.2. The lowest BCUT2D eigenvalue weighted by atomic mass is 10.1. The largest absolute Gasteiger partial charge is 0.480 e. The van der Waals surface area contributed by atoms with Gasteiger partial charge >= 0.3 is 19.8 Å². The van der Waals surface area contributed by atoms with Gasteiger partial charge in [-0.05, 0) is 77.0 Å². The molecule has 3 unspecified atom stereocenters. The van der Waals surface area contributed by atoms with Crippen molar-refractivity contribution >= 4 is 25.7 Å². The van der Waals surface area contributed by atoms with Crippen LogP contribution < -0.4 is 5.32 Å². The Balaban J connectivity index is 3.84. The van der Waals surface area contributed by atoms with Crippen molar-refractivity contribution in [2.24, 2.45) is 0 Å². The van der Waals surface area contributed by atoms with Gasteiger partial charge in [-0.1, -0.05) is 191 Å². The number of esters is 1. The number of unbranched alkanes of at least 4 members (excludes halogenated alkanes) is 26. The van der Waals surface area contributed by atoms with Crippen LogP contribution >= 0.6 is 7.82 Å². The van der Waals surface area contributed by atoms with Crippen molar-refractivity contribution in [2.75, 3.05) is 19.8 Å². The smallest absolute Gasteiger partial charge is 0.472 e. The second-order valence-electron chi connectivity index (χ2n) is 17.4. The number of aliphatic hydroxyl groups excluding tert-OH is 1. The van der Waals surface area contributed by atoms with Crippen molar-refractivity contribution in [3.05, 3.63) is 48.6 Å². The predicted octanol–water partition coefficient (Wildman–Crippen LogP) is 14.1. The maximum atomic E-state index is 12.4. The molecule has 64 heavy (non-hydrogen) atoms. The van der Waals surface area contributed by atoms with Crippen LogP contribution in [-0.2, 0) is 32.7 Å². The average Bonchev–Trinajstić information content (AvgIpc) is 3.27. The molecule has 0 fully saturated rings. The normalized spacial score (nSPS) is 13.9. The molecule has 0 aliphatic rings. The summed E-state index contributed by atoms with van der Waals surface area (Å²) in [6, 6.07) is -1.55. The molecule has 0 radical (unpaired) electrons. The first kappa shape index (κ1) is 61.4. The van der Waals surface area contributed by atoms with E-state index < -0.39 is 57.6 Å². The van der Waals surface area contributed by atoms with E-state index in [1.165, 1.54) is 135 Å². The Morgan fingerprint density at radius 3 is 1.33 bits per heavy atom. The second-order valence-corrected chi connectivity index (χ2v) is 18.8. The number of phosphoric ester groups is 1. The zero-order chi connectivity index (χ0) is 47.0. The third-order valence-electron chi connectivity index (χ3n) is 11.1. The Bertz CT molecular complexity index is 1270. The summed E-state index contributed by atoms with van der Waals surface area (Å²) in [6.45, 7) is 2.58. The van der Waals surface area contributed by atoms with Crippen LogP contribution in [-0.4, -0.2) is 64.9 Å². The van der Waals surface area contributed by atoms with Gasteiger partial charge in [0.2, 0.25) is 5.91 Å². The van der Waals surface area contributed by atoms with Gasteiger partial charge in [0.05, 0.1) is 13.2 Å². The van der Waals surface area contributed by atoms with Gasteiger partial charge in [0.1, 0.15) is 12.7 Å². The van der Waals surface area contributed by atoms with Gasteiger partial charge in [-0.3, -0.25) is 18.6 Å². The molecule has 0 bridgehead atoms. The van der Waals surface area contributed by atoms with E-state index in [-0.39, 0.29) is 12.8 Å². The topological polar surface area (TPSA) is 169 Å². The third kappa shape index (κ3) is 46.0. The molecule has 3 atom stereocenters. The zero-order valence-corrected chi connectivity index (χ0v) is 41.5. The molecule has 0 saturated heterocycles. The molecule has 12 heteroatoms. The molecule has 0 aromatic heterocycles. The monoisotopic (exact) mass is 924 g/mol. The molecule has 372 valence electrons. The number of amides is 1. The molecule has 0 aromatic rings. The number of rotatable bonds is 48. The summed E-state index contributed by atoms with van der Waals surface area (Å²) in [7, 11) is -4.76. The van der Waals surface area contributed by atoms with E-state index in [4.69, 9.17) is 13.8 Å². The molecular weight excluding hydrogens is 830 g/mol. The summed E-state index contributed by atoms with van der Waals surface area (Å²) < 4.78 is 26.9. The van der Waals surface area contributed by atoms with Crippen molar-refractivity contribution in [3.8, 4) is 0 Å². The summed E-state index contributed by atoms with van der Waals surface area (Å²) in [6.07, 6.45) is 54.1. The summed E-state index contributed by atoms with van der Waals surface area (Å²) >= 11 is 0. The number of ether oxygens (including phenoxy) is 1. The molecule has 0 aliphatic carbocycles. The lowest BCUT2D eigenvalue weighted by Crippen LogP contribution is -2.43. The highest BCUT2D eigenvalue weighted by Crippen LogP contribution is 2.43. The number of hydrogen-bond acceptors (Lipinski definition) is 8. The van der Waals surface area contributed by atoms with Crippen molar-refractivity contribution in [3.63, 3.8) is 0 Å². The highest BCUT2D eigenvalue weighted by Gasteiger charge is 2.28. The Morgan fingerprint density at radius 1 is 0.500 bits per heavy atom. The van der Waals surface area contributed by atoms with E-state index >= 15 is 0 Å². The number of allylic oxidation sites excluding steroid dienone is 8. The Labute approximate surface area is 390 Å². The highest BCUT2D eigenvalue weighted by atomic mass is 31.2. The number of carboxylic acid groups (broad SMARTS) is 1. The molecule has 0 rings (SSSR count). The Hall–Kier alpha value is -2.56. The van der Waals surface area contributed by atoms with E-state index in [0.717, 1.165) is 57.8 Å². The summed E-state index contributed by atoms with van der Waals surface area (Å²) in [5.41, 5.74) is 0. The van der Waals surface area contributed by atoms with Crippen LogP contribution in [0.15, 0.2) is 48.6 Å². The van der Waals surface area contributed by atoms with Crippen molar-refractivity contribution in [2.45, 2.75) is 244 Å². The summed E-state index contributed by atoms with van der Waals surface area (Å²) in [5.74, 6) is -2.38. The van der Waals surface area contributed by atoms with Crippen LogP contribution in [0.3, 0.4) is 0 Å². The average molecular weight is 924 g/mol. The number of hydrogen-bond donors (Lipinski definition) is 4. The standard InChI is InChI=1S/C52H94NO10P/c1-3-5-7-9-11-13-15-17-19-21-23-24-26-28-30-32-34-36-38-40-42-44-51(56)61-45-48(54)46-62-64(59,60)63-47-49(52(57)58)53-50(55)43-41-39-37-35-33-31-29-27-25-22-20-18-16-14-12-10-8-6-4-2/h11,13,17-20,23-24,48-49,54H,3-10,12,14-16,21-22,25-47H2,1-2H3,(H,53,55)(H,57,58)(H,59,60)/b13-11-,19-17-,20-18+,24-23-. The van der Waals surface area contributed by atoms with Gasteiger partial charge < -0.3 is 25.2 Å². The summed E-state index contributed by atoms with van der Waals surface area (Å²) in [5, 5.41) is 21.9. The summed E-state index contributed by atoms with van der Waals surface area (Å²) in [4.78, 5) is 46.1. The van der Waals surface area contributed by atoms with E-state index in [2.05, 4.69) is 67.8 Å². The van der Waals surface area contributed by atoms with Gasteiger partial charge in [0.15, 0.2) is 6.04 Å². The number of aliphatic hydroxyl groups is 1. The van der Waals surface area contributed by atoms with E-state index in [0.29, 0.717) is 12.8 Å². The van der Waals surface area contributed by atoms with Crippen LogP contribution in [0.1, 0.15) is 232 Å². The lowest BCUT2D eigenvalue weighted by molar-refractivity contribution is -0.147. The molecule has 0 spiro atoms. The van der Waals surface area contributed by atoms with Crippen LogP contribution in [0.25, 0.3) is 0 Å². The quantitative estimate of drug-likeness (QED) is 0.0199. The molecule has 0 aliphatic heterocycles. The fourth-order valence-electron chi connectivity index (χ4n) is 7.08. The van der Waals surface area contributed by atoms with Crippen LogP contribution in [0, 0.1) is 0 Å². The first-order valence-electron chi connectivity index (χ1n) is 25.7. The van der Waals surface area contributed by atoms with Gasteiger partial charge in [-0.2, -0.15) is 0 Å². The van der Waals surface area contributed by atoms with Gasteiger partial charge in [0.25, 0.3) is 0 Å². The predicted molar refractivity (Wildman–Crippen MR) is 263 cm³/mol. The number of carbonyl (C=O) groups excluding carboxylic acids is 2. The van der Waals surface area contributed by atoms with Crippen LogP contribution in [0.2, 0.25) is 0 Å². The Kier molecular flexibility index (Phi) is 45.1. The molecular formula is C52H94NO10P. The highest BCUT2D eigenvalue weighted by molar-refractivity contribution is 7.47. The van der Waals surface area contributed by atoms with Crippen molar-refractivity contribution < 1.29 is 47.8 Å². The molecule has 0 aromatic carbocycles. The van der Waals surface area contributed by atoms with Crippen molar-refractivity contribution in [1.82, 2.24) is 5.32 Å². The molecule has 4 N–H and O–H groups in total. The molecule has 11 nitrogen and oxygen atoms in total. The van der Waals surface area contributed by atoms with E-state index in [9.17, 15) is 34.1 Å². The minimum Gasteiger partial charge on any atom is -0.480 e. The minimum absolute atomic E-state index is 0.143. The fourth-order valence-corrected chi connectivity index (χ4v) is 7.85. The number of nitrogens with one attached hydrogen (secondary N) is 1. The zero-order valence-electron chi connectivity index (χ0n) is 40.6. The molecule has 0 saturated carbocycles. The van der Waals surface area contributed by atoms with Gasteiger partial charge in [-0.15, -0.1) is 0 Å². The number of carbonyl (C=O) groups is 3. The van der Waals surface area contributed by atoms with Crippen molar-refractivity contribution in [1.29, 1.82) is 0 Å². The number of aliphatic carboxylic acids is 1. The lowest BCUT2D eigenvalue weighted by Gasteiger charge is -2.18. The SMILES string of the molecule is CCCCC/C=C\C/C=C\C/C=C\CCCCCCCCCCC(=O)OCC(O)COP(=O)(O)OCC(NC(=O)CCCCCCCCCCC/C=C/CCCCCCCC)C(=O)O. The van der Waals surface area contributed by atoms with Crippen LogP contribution in [0.5, 0.6) is 0 Å². The van der Waals surface area contributed by atoms with E-state index in [1.807, 2.05) is 0 Å². The third-order valence-corrected chi connectivity index (χ3v) is 12.0. The Morgan fingerprint density at radius 2 is 0.859 bits per heavy atom. The second kappa shape index (κ2) is 47.0. The van der Waals surface area contributed by atoms with E-state index in [1.54, 1.807) is 0 Å². The van der Waals surface area contributed by atoms with Crippen LogP contribution in [0.4, 0.5) is 0 Å². The maximum absolute atomic E-state index is 12.4. The molecule has 1 amide bonds. The first-order chi connectivity index (χ1) is 31.1. The maximum Gasteiger partial charge on any atom is 0.472 e. The van der Waals surface area contributed by atoms with Gasteiger partial charge in [-0.25, -0.2) is 9.36 Å². The number of phosphoric acid groups is 1. The minimum atomic E-state index is -4.76. The fraction of sp³-hybridized carbons (Fsp3) is 0.788. The van der Waals surface area contributed by atoms with Gasteiger partial charge in [0, 0.05) is 12.8 Å². The number of carboxylic acids is 1.